The molecule has 3 N–H and O–H groups in total. The molecule has 5 heteroatoms. The first-order valence-electron chi connectivity index (χ1n) is 6.63. The third-order valence-corrected chi connectivity index (χ3v) is 3.54. The number of nitrogens with one attached hydrogen (secondary N) is 1. The second-order valence-electron chi connectivity index (χ2n) is 5.16. The van der Waals surface area contributed by atoms with Crippen LogP contribution < -0.4 is 10.6 Å². The largest absolute Gasteiger partial charge is 0.382 e. The Labute approximate surface area is 118 Å². The van der Waals surface area contributed by atoms with E-state index in [9.17, 15) is 0 Å². The summed E-state index contributed by atoms with van der Waals surface area (Å²) in [6.45, 7) is 4.05. The van der Waals surface area contributed by atoms with Gasteiger partial charge in [-0.2, -0.15) is 0 Å². The summed E-state index contributed by atoms with van der Waals surface area (Å²) in [5.74, 6) is 0.588. The fourth-order valence-electron chi connectivity index (χ4n) is 2.67. The molecule has 0 radical (unpaired) electrons. The third kappa shape index (κ3) is 2.01. The Morgan fingerprint density at radius 2 is 2.10 bits per heavy atom. The van der Waals surface area contributed by atoms with Crippen LogP contribution in [0.15, 0.2) is 30.3 Å². The van der Waals surface area contributed by atoms with Gasteiger partial charge in [-0.25, -0.2) is 9.97 Å². The maximum absolute atomic E-state index is 7.56. The minimum Gasteiger partial charge on any atom is -0.382 e. The van der Waals surface area contributed by atoms with Crippen LogP contribution in [0.2, 0.25) is 0 Å². The number of aryl methyl sites for hydroxylation is 1. The van der Waals surface area contributed by atoms with Gasteiger partial charge in [-0.1, -0.05) is 18.2 Å². The fourth-order valence-corrected chi connectivity index (χ4v) is 2.67. The van der Waals surface area contributed by atoms with Crippen molar-refractivity contribution >= 4 is 17.5 Å². The number of aromatic nitrogens is 2. The van der Waals surface area contributed by atoms with Gasteiger partial charge in [-0.3, -0.25) is 5.41 Å². The maximum Gasteiger partial charge on any atom is 0.231 e. The zero-order valence-corrected chi connectivity index (χ0v) is 11.6. The van der Waals surface area contributed by atoms with Crippen molar-refractivity contribution in [2.45, 2.75) is 26.3 Å². The minimum atomic E-state index is -0.0307. The minimum absolute atomic E-state index is 0.0307. The molecule has 0 saturated heterocycles. The molecule has 2 heterocycles. The summed E-state index contributed by atoms with van der Waals surface area (Å²) in [5.41, 5.74) is 9.29. The molecule has 3 rings (SSSR count). The number of nitrogen functional groups attached to an aromatic ring is 1. The van der Waals surface area contributed by atoms with Crippen LogP contribution in [0.5, 0.6) is 0 Å². The normalized spacial score (nSPS) is 17.1. The predicted octanol–water partition coefficient (Wildman–Crippen LogP) is 2.15. The smallest absolute Gasteiger partial charge is 0.231 e. The highest BCUT2D eigenvalue weighted by Gasteiger charge is 2.29. The second-order valence-corrected chi connectivity index (χ2v) is 5.16. The number of fused-ring (bicyclic) bond motifs is 1. The van der Waals surface area contributed by atoms with Gasteiger partial charge in [0.1, 0.15) is 11.5 Å². The average Bonchev–Trinajstić information content (AvgIpc) is 2.73. The summed E-state index contributed by atoms with van der Waals surface area (Å²) < 4.78 is 0. The molecule has 1 atom stereocenters. The van der Waals surface area contributed by atoms with Crippen molar-refractivity contribution in [3.63, 3.8) is 0 Å². The van der Waals surface area contributed by atoms with Gasteiger partial charge in [0.15, 0.2) is 0 Å². The molecule has 1 aliphatic heterocycles. The van der Waals surface area contributed by atoms with E-state index < -0.39 is 0 Å². The highest BCUT2D eigenvalue weighted by molar-refractivity contribution is 5.93. The van der Waals surface area contributed by atoms with Gasteiger partial charge in [0.05, 0.1) is 0 Å². The van der Waals surface area contributed by atoms with Crippen molar-refractivity contribution < 1.29 is 0 Å². The molecule has 0 fully saturated rings. The van der Waals surface area contributed by atoms with Crippen LogP contribution in [-0.2, 0) is 6.42 Å². The molecular formula is C15H17N5. The number of benzene rings is 1. The zero-order chi connectivity index (χ0) is 14.3. The van der Waals surface area contributed by atoms with Crippen molar-refractivity contribution in [3.05, 3.63) is 47.3 Å². The Balaban J connectivity index is 2.11. The summed E-state index contributed by atoms with van der Waals surface area (Å²) in [6.07, 6.45) is 0.975. The van der Waals surface area contributed by atoms with E-state index in [4.69, 9.17) is 11.1 Å². The summed E-state index contributed by atoms with van der Waals surface area (Å²) >= 11 is 0. The van der Waals surface area contributed by atoms with Crippen LogP contribution in [0.4, 0.5) is 11.6 Å². The average molecular weight is 267 g/mol. The van der Waals surface area contributed by atoms with E-state index in [0.717, 1.165) is 17.8 Å². The van der Waals surface area contributed by atoms with Crippen molar-refractivity contribution in [2.75, 3.05) is 4.90 Å². The number of para-hydroxylation sites is 1. The van der Waals surface area contributed by atoms with Gasteiger partial charge in [-0.15, -0.1) is 0 Å². The van der Waals surface area contributed by atoms with Crippen LogP contribution in [0, 0.1) is 12.3 Å². The van der Waals surface area contributed by atoms with Crippen LogP contribution >= 0.6 is 0 Å². The summed E-state index contributed by atoms with van der Waals surface area (Å²) in [7, 11) is 0. The fraction of sp³-hybridized carbons (Fsp3) is 0.267. The van der Waals surface area contributed by atoms with Crippen molar-refractivity contribution in [2.24, 2.45) is 5.73 Å². The summed E-state index contributed by atoms with van der Waals surface area (Å²) in [5, 5.41) is 7.56. The van der Waals surface area contributed by atoms with E-state index in [1.54, 1.807) is 6.07 Å². The molecule has 1 aromatic carbocycles. The summed E-state index contributed by atoms with van der Waals surface area (Å²) in [6, 6.07) is 10.3. The number of hydrogen-bond acceptors (Lipinski definition) is 4. The Hall–Kier alpha value is -2.43. The lowest BCUT2D eigenvalue weighted by Gasteiger charge is -2.23. The number of nitrogens with two attached hydrogens (primary N) is 1. The Morgan fingerprint density at radius 3 is 2.85 bits per heavy atom. The SMILES string of the molecule is Cc1cc(C(=N)N)nc(N2c3ccccc3CC2C)n1. The zero-order valence-electron chi connectivity index (χ0n) is 11.6. The lowest BCUT2D eigenvalue weighted by atomic mass is 10.1. The number of amidine groups is 1. The monoisotopic (exact) mass is 267 g/mol. The van der Waals surface area contributed by atoms with E-state index in [1.807, 2.05) is 19.1 Å². The third-order valence-electron chi connectivity index (χ3n) is 3.54. The molecule has 1 unspecified atom stereocenters. The molecular weight excluding hydrogens is 250 g/mol. The molecule has 0 saturated carbocycles. The molecule has 0 aliphatic carbocycles. The molecule has 1 aliphatic rings. The maximum atomic E-state index is 7.56. The molecule has 0 spiro atoms. The first-order valence-corrected chi connectivity index (χ1v) is 6.63. The number of anilines is 2. The van der Waals surface area contributed by atoms with E-state index in [-0.39, 0.29) is 5.84 Å². The topological polar surface area (TPSA) is 78.9 Å². The Bertz CT molecular complexity index is 680. The molecule has 2 aromatic rings. The Kier molecular flexibility index (Phi) is 2.89. The van der Waals surface area contributed by atoms with Gasteiger partial charge >= 0.3 is 0 Å². The molecule has 0 bridgehead atoms. The van der Waals surface area contributed by atoms with Gasteiger partial charge < -0.3 is 10.6 Å². The van der Waals surface area contributed by atoms with Gasteiger partial charge in [0.2, 0.25) is 5.95 Å². The van der Waals surface area contributed by atoms with E-state index in [0.29, 0.717) is 17.7 Å². The van der Waals surface area contributed by atoms with Crippen LogP contribution in [0.3, 0.4) is 0 Å². The van der Waals surface area contributed by atoms with Crippen molar-refractivity contribution in [3.8, 4) is 0 Å². The van der Waals surface area contributed by atoms with Gasteiger partial charge in [0.25, 0.3) is 0 Å². The van der Waals surface area contributed by atoms with Crippen LogP contribution in [0.1, 0.15) is 23.9 Å². The molecule has 0 amide bonds. The van der Waals surface area contributed by atoms with E-state index >= 15 is 0 Å². The van der Waals surface area contributed by atoms with Crippen LogP contribution in [0.25, 0.3) is 0 Å². The van der Waals surface area contributed by atoms with Gasteiger partial charge in [0, 0.05) is 17.4 Å². The highest BCUT2D eigenvalue weighted by Crippen LogP contribution is 2.36. The van der Waals surface area contributed by atoms with Crippen molar-refractivity contribution in [1.29, 1.82) is 5.41 Å². The highest BCUT2D eigenvalue weighted by atomic mass is 15.3. The quantitative estimate of drug-likeness (QED) is 0.645. The van der Waals surface area contributed by atoms with Crippen molar-refractivity contribution in [1.82, 2.24) is 9.97 Å². The van der Waals surface area contributed by atoms with Gasteiger partial charge in [-0.05, 0) is 38.0 Å². The lowest BCUT2D eigenvalue weighted by molar-refractivity contribution is 0.737. The molecule has 1 aromatic heterocycles. The molecule has 102 valence electrons. The predicted molar refractivity (Wildman–Crippen MR) is 79.5 cm³/mol. The Morgan fingerprint density at radius 1 is 1.35 bits per heavy atom. The number of rotatable bonds is 2. The van der Waals surface area contributed by atoms with Crippen LogP contribution in [-0.4, -0.2) is 21.8 Å². The standard InChI is InChI=1S/C15H17N5/c1-9-7-12(14(16)17)19-15(18-9)20-10(2)8-11-5-3-4-6-13(11)20/h3-7,10H,8H2,1-2H3,(H3,16,17). The molecule has 5 nitrogen and oxygen atoms in total. The summed E-state index contributed by atoms with van der Waals surface area (Å²) in [4.78, 5) is 11.1. The first kappa shape index (κ1) is 12.6. The number of nitrogens with zero attached hydrogens (tertiary/aromatic N) is 3. The number of hydrogen-bond donors (Lipinski definition) is 2. The van der Waals surface area contributed by atoms with E-state index in [2.05, 4.69) is 33.9 Å². The lowest BCUT2D eigenvalue weighted by Crippen LogP contribution is -2.27. The second kappa shape index (κ2) is 4.59. The molecule has 20 heavy (non-hydrogen) atoms. The first-order chi connectivity index (χ1) is 9.56. The van der Waals surface area contributed by atoms with E-state index in [1.165, 1.54) is 5.56 Å².